The van der Waals surface area contributed by atoms with Crippen molar-refractivity contribution in [2.24, 2.45) is 0 Å². The second kappa shape index (κ2) is 7.19. The van der Waals surface area contributed by atoms with Gasteiger partial charge in [-0.05, 0) is 41.8 Å². The highest BCUT2D eigenvalue weighted by Gasteiger charge is 2.37. The van der Waals surface area contributed by atoms with Gasteiger partial charge < -0.3 is 19.2 Å². The average molecular weight is 427 g/mol. The maximum Gasteiger partial charge on any atom is 0.406 e. The van der Waals surface area contributed by atoms with Crippen LogP contribution in [0.2, 0.25) is 0 Å². The van der Waals surface area contributed by atoms with E-state index >= 15 is 0 Å². The molecule has 1 aromatic heterocycles. The second-order valence-corrected chi connectivity index (χ2v) is 6.81. The maximum atomic E-state index is 13.0. The number of rotatable bonds is 4. The lowest BCUT2D eigenvalue weighted by Crippen LogP contribution is -2.43. The zero-order valence-electron chi connectivity index (χ0n) is 15.2. The van der Waals surface area contributed by atoms with Crippen LogP contribution in [0.15, 0.2) is 41.0 Å². The first-order chi connectivity index (χ1) is 14.1. The molecular formula is C20H14F5NO4. The number of fused-ring (bicyclic) bond motifs is 2. The van der Waals surface area contributed by atoms with Crippen molar-refractivity contribution < 1.29 is 41.0 Å². The van der Waals surface area contributed by atoms with Crippen LogP contribution in [0.25, 0.3) is 22.1 Å². The largest absolute Gasteiger partial charge is 0.508 e. The van der Waals surface area contributed by atoms with Gasteiger partial charge in [-0.3, -0.25) is 4.79 Å². The lowest BCUT2D eigenvalue weighted by molar-refractivity contribution is -0.141. The number of halogens is 5. The molecule has 30 heavy (non-hydrogen) atoms. The molecule has 0 aliphatic carbocycles. The van der Waals surface area contributed by atoms with E-state index in [9.17, 15) is 31.9 Å². The van der Waals surface area contributed by atoms with Gasteiger partial charge in [-0.25, -0.2) is 0 Å². The molecular weight excluding hydrogens is 413 g/mol. The van der Waals surface area contributed by atoms with Crippen LogP contribution in [-0.2, 0) is 6.42 Å². The van der Waals surface area contributed by atoms with Crippen molar-refractivity contribution in [1.82, 2.24) is 4.90 Å². The van der Waals surface area contributed by atoms with Crippen LogP contribution in [0.4, 0.5) is 22.0 Å². The Morgan fingerprint density at radius 3 is 2.67 bits per heavy atom. The minimum atomic E-state index is -4.61. The SMILES string of the molecule is O=C1c2c(cc(-c3coc4cc(O)ccc34)cc2OC(F)F)CCN1CC(F)(F)F. The van der Waals surface area contributed by atoms with E-state index in [2.05, 4.69) is 4.74 Å². The van der Waals surface area contributed by atoms with Crippen LogP contribution < -0.4 is 4.74 Å². The highest BCUT2D eigenvalue weighted by Crippen LogP contribution is 2.39. The minimum absolute atomic E-state index is 0.0223. The molecule has 2 heterocycles. The van der Waals surface area contributed by atoms with Crippen LogP contribution >= 0.6 is 0 Å². The Bertz CT molecular complexity index is 1120. The Labute approximate surface area is 166 Å². The van der Waals surface area contributed by atoms with Crippen LogP contribution in [0, 0.1) is 0 Å². The molecule has 0 saturated heterocycles. The van der Waals surface area contributed by atoms with E-state index in [-0.39, 0.29) is 24.3 Å². The molecule has 5 nitrogen and oxygen atoms in total. The summed E-state index contributed by atoms with van der Waals surface area (Å²) in [7, 11) is 0. The zero-order chi connectivity index (χ0) is 21.6. The van der Waals surface area contributed by atoms with Gasteiger partial charge in [0.25, 0.3) is 5.91 Å². The molecule has 1 aliphatic rings. The van der Waals surface area contributed by atoms with Gasteiger partial charge >= 0.3 is 12.8 Å². The van der Waals surface area contributed by atoms with Crippen LogP contribution in [0.1, 0.15) is 15.9 Å². The van der Waals surface area contributed by atoms with Crippen LogP contribution in [0.5, 0.6) is 11.5 Å². The Morgan fingerprint density at radius 1 is 1.20 bits per heavy atom. The number of amides is 1. The number of carbonyl (C=O) groups is 1. The van der Waals surface area contributed by atoms with Crippen molar-refractivity contribution in [3.8, 4) is 22.6 Å². The topological polar surface area (TPSA) is 62.9 Å². The number of hydrogen-bond donors (Lipinski definition) is 1. The first-order valence-electron chi connectivity index (χ1n) is 8.81. The fourth-order valence-corrected chi connectivity index (χ4v) is 3.58. The summed E-state index contributed by atoms with van der Waals surface area (Å²) in [6.07, 6.45) is -3.21. The van der Waals surface area contributed by atoms with Gasteiger partial charge in [0.2, 0.25) is 0 Å². The standard InChI is InChI=1S/C20H14F5NO4/c21-19(22)30-16-6-11(14-8-29-15-7-12(27)1-2-13(14)15)5-10-3-4-26(9-20(23,24)25)18(28)17(10)16/h1-2,5-8,19,27H,3-4,9H2. The van der Waals surface area contributed by atoms with E-state index in [1.165, 1.54) is 24.5 Å². The molecule has 0 atom stereocenters. The van der Waals surface area contributed by atoms with Crippen molar-refractivity contribution in [2.45, 2.75) is 19.2 Å². The van der Waals surface area contributed by atoms with Gasteiger partial charge in [-0.2, -0.15) is 22.0 Å². The summed E-state index contributed by atoms with van der Waals surface area (Å²) in [5.74, 6) is -1.54. The van der Waals surface area contributed by atoms with Gasteiger partial charge in [-0.1, -0.05) is 0 Å². The van der Waals surface area contributed by atoms with E-state index in [0.717, 1.165) is 0 Å². The predicted octanol–water partition coefficient (Wildman–Crippen LogP) is 4.97. The van der Waals surface area contributed by atoms with Crippen molar-refractivity contribution in [2.75, 3.05) is 13.1 Å². The van der Waals surface area contributed by atoms with E-state index < -0.39 is 31.0 Å². The number of aromatic hydroxyl groups is 1. The second-order valence-electron chi connectivity index (χ2n) is 6.81. The maximum absolute atomic E-state index is 13.0. The Morgan fingerprint density at radius 2 is 1.97 bits per heavy atom. The van der Waals surface area contributed by atoms with Crippen LogP contribution in [0.3, 0.4) is 0 Å². The summed E-state index contributed by atoms with van der Waals surface area (Å²) in [6, 6.07) is 7.11. The fourth-order valence-electron chi connectivity index (χ4n) is 3.58. The van der Waals surface area contributed by atoms with E-state index in [1.54, 1.807) is 12.1 Å². The van der Waals surface area contributed by atoms with Crippen molar-refractivity contribution in [3.05, 3.63) is 47.7 Å². The number of ether oxygens (including phenoxy) is 1. The molecule has 10 heteroatoms. The first kappa shape index (κ1) is 20.0. The summed E-state index contributed by atoms with van der Waals surface area (Å²) in [5, 5.41) is 10.1. The van der Waals surface area contributed by atoms with Gasteiger partial charge in [-0.15, -0.1) is 0 Å². The Balaban J connectivity index is 1.82. The summed E-state index contributed by atoms with van der Waals surface area (Å²) >= 11 is 0. The van der Waals surface area contributed by atoms with E-state index in [0.29, 0.717) is 32.6 Å². The molecule has 3 aromatic rings. The number of hydrogen-bond acceptors (Lipinski definition) is 4. The van der Waals surface area contributed by atoms with Crippen molar-refractivity contribution >= 4 is 16.9 Å². The van der Waals surface area contributed by atoms with E-state index in [4.69, 9.17) is 4.42 Å². The van der Waals surface area contributed by atoms with Gasteiger partial charge in [0.05, 0.1) is 11.8 Å². The highest BCUT2D eigenvalue weighted by molar-refractivity contribution is 6.02. The lowest BCUT2D eigenvalue weighted by Gasteiger charge is -2.30. The third kappa shape index (κ3) is 3.77. The highest BCUT2D eigenvalue weighted by atomic mass is 19.4. The molecule has 1 aliphatic heterocycles. The third-order valence-corrected chi connectivity index (χ3v) is 4.79. The molecule has 0 spiro atoms. The number of alkyl halides is 5. The number of benzene rings is 2. The number of nitrogens with zero attached hydrogens (tertiary/aromatic N) is 1. The lowest BCUT2D eigenvalue weighted by atomic mass is 9.92. The van der Waals surface area contributed by atoms with Gasteiger partial charge in [0.15, 0.2) is 0 Å². The van der Waals surface area contributed by atoms with Crippen LogP contribution in [-0.4, -0.2) is 41.8 Å². The van der Waals surface area contributed by atoms with Crippen molar-refractivity contribution in [3.63, 3.8) is 0 Å². The minimum Gasteiger partial charge on any atom is -0.508 e. The smallest absolute Gasteiger partial charge is 0.406 e. The molecule has 0 fully saturated rings. The number of phenols is 1. The molecule has 1 amide bonds. The number of carbonyl (C=O) groups excluding carboxylic acids is 1. The van der Waals surface area contributed by atoms with Crippen molar-refractivity contribution in [1.29, 1.82) is 0 Å². The molecule has 158 valence electrons. The molecule has 0 radical (unpaired) electrons. The Kier molecular flexibility index (Phi) is 4.79. The molecule has 4 rings (SSSR count). The quantitative estimate of drug-likeness (QED) is 0.598. The normalized spacial score (nSPS) is 14.5. The number of phenolic OH excluding ortho intramolecular Hbond substituents is 1. The third-order valence-electron chi connectivity index (χ3n) is 4.79. The number of furan rings is 1. The fraction of sp³-hybridized carbons (Fsp3) is 0.250. The summed E-state index contributed by atoms with van der Waals surface area (Å²) in [5.41, 5.74) is 1.24. The van der Waals surface area contributed by atoms with Gasteiger partial charge in [0, 0.05) is 23.6 Å². The first-order valence-corrected chi connectivity index (χ1v) is 8.81. The zero-order valence-corrected chi connectivity index (χ0v) is 15.2. The average Bonchev–Trinajstić information content (AvgIpc) is 3.05. The summed E-state index contributed by atoms with van der Waals surface area (Å²) < 4.78 is 74.1. The molecule has 1 N–H and O–H groups in total. The predicted molar refractivity (Wildman–Crippen MR) is 95.6 cm³/mol. The molecule has 0 saturated carbocycles. The molecule has 0 unspecified atom stereocenters. The molecule has 2 aromatic carbocycles. The van der Waals surface area contributed by atoms with E-state index in [1.807, 2.05) is 0 Å². The Hall–Kier alpha value is -3.30. The summed E-state index contributed by atoms with van der Waals surface area (Å²) in [4.78, 5) is 13.2. The summed E-state index contributed by atoms with van der Waals surface area (Å²) in [6.45, 7) is -4.95. The van der Waals surface area contributed by atoms with Gasteiger partial charge in [0.1, 0.15) is 23.6 Å². The monoisotopic (exact) mass is 427 g/mol. The molecule has 0 bridgehead atoms.